The van der Waals surface area contributed by atoms with E-state index in [1.54, 1.807) is 0 Å². The quantitative estimate of drug-likeness (QED) is 0.287. The molecule has 1 fully saturated rings. The molecule has 12 heavy (non-hydrogen) atoms. The molecular formula is C6H14N2O4. The van der Waals surface area contributed by atoms with Gasteiger partial charge in [0.15, 0.2) is 6.29 Å². The molecule has 0 aromatic heterocycles. The molecule has 1 saturated heterocycles. The van der Waals surface area contributed by atoms with E-state index in [0.717, 1.165) is 0 Å². The third-order valence-electron chi connectivity index (χ3n) is 2.00. The summed E-state index contributed by atoms with van der Waals surface area (Å²) in [6.45, 7) is 0.0298. The van der Waals surface area contributed by atoms with Gasteiger partial charge in [-0.3, -0.25) is 0 Å². The van der Waals surface area contributed by atoms with Crippen LogP contribution in [0.2, 0.25) is 0 Å². The first kappa shape index (κ1) is 9.85. The molecule has 1 aliphatic rings. The zero-order chi connectivity index (χ0) is 9.30. The highest BCUT2D eigenvalue weighted by Crippen LogP contribution is 2.17. The average molecular weight is 178 g/mol. The van der Waals surface area contributed by atoms with Crippen molar-refractivity contribution in [3.05, 3.63) is 0 Å². The Labute approximate surface area is 69.7 Å². The molecule has 5 atom stereocenters. The average Bonchev–Trinajstić information content (AvgIpc) is 2.08. The van der Waals surface area contributed by atoms with Crippen molar-refractivity contribution in [2.24, 2.45) is 11.5 Å². The van der Waals surface area contributed by atoms with Crippen molar-refractivity contribution in [1.29, 1.82) is 0 Å². The van der Waals surface area contributed by atoms with E-state index in [0.29, 0.717) is 0 Å². The third-order valence-corrected chi connectivity index (χ3v) is 2.00. The number of aliphatic hydroxyl groups is 3. The molecular weight excluding hydrogens is 164 g/mol. The van der Waals surface area contributed by atoms with Crippen LogP contribution in [0.4, 0.5) is 0 Å². The lowest BCUT2D eigenvalue weighted by Crippen LogP contribution is -2.62. The predicted molar refractivity (Wildman–Crippen MR) is 39.9 cm³/mol. The number of hydrogen-bond donors (Lipinski definition) is 5. The largest absolute Gasteiger partial charge is 0.388 e. The number of nitrogens with two attached hydrogens (primary N) is 2. The van der Waals surface area contributed by atoms with Gasteiger partial charge in [0, 0.05) is 6.54 Å². The highest BCUT2D eigenvalue weighted by Gasteiger charge is 2.41. The van der Waals surface area contributed by atoms with Crippen LogP contribution in [0.5, 0.6) is 0 Å². The molecule has 0 aromatic carbocycles. The maximum absolute atomic E-state index is 9.28. The van der Waals surface area contributed by atoms with Crippen molar-refractivity contribution in [2.45, 2.75) is 30.6 Å². The lowest BCUT2D eigenvalue weighted by atomic mass is 9.98. The molecule has 1 rings (SSSR count). The number of ether oxygens (including phenoxy) is 1. The minimum Gasteiger partial charge on any atom is -0.388 e. The summed E-state index contributed by atoms with van der Waals surface area (Å²) >= 11 is 0. The highest BCUT2D eigenvalue weighted by atomic mass is 16.6. The van der Waals surface area contributed by atoms with Crippen LogP contribution < -0.4 is 11.5 Å². The number of aliphatic hydroxyl groups excluding tert-OH is 3. The maximum atomic E-state index is 9.28. The summed E-state index contributed by atoms with van der Waals surface area (Å²) in [4.78, 5) is 0. The molecule has 1 heterocycles. The van der Waals surface area contributed by atoms with E-state index in [4.69, 9.17) is 21.3 Å². The van der Waals surface area contributed by atoms with Crippen LogP contribution >= 0.6 is 0 Å². The van der Waals surface area contributed by atoms with E-state index < -0.39 is 30.6 Å². The van der Waals surface area contributed by atoms with Crippen LogP contribution in [0.15, 0.2) is 0 Å². The zero-order valence-corrected chi connectivity index (χ0v) is 6.50. The van der Waals surface area contributed by atoms with Gasteiger partial charge < -0.3 is 31.5 Å². The first-order chi connectivity index (χ1) is 5.57. The van der Waals surface area contributed by atoms with Gasteiger partial charge >= 0.3 is 0 Å². The van der Waals surface area contributed by atoms with Gasteiger partial charge in [0.25, 0.3) is 0 Å². The Morgan fingerprint density at radius 2 is 1.75 bits per heavy atom. The van der Waals surface area contributed by atoms with E-state index in [9.17, 15) is 10.2 Å². The van der Waals surface area contributed by atoms with Crippen LogP contribution in [0, 0.1) is 0 Å². The molecule has 0 spiro atoms. The third kappa shape index (κ3) is 1.58. The van der Waals surface area contributed by atoms with Gasteiger partial charge in [-0.25, -0.2) is 0 Å². The van der Waals surface area contributed by atoms with Gasteiger partial charge in [-0.05, 0) is 0 Å². The van der Waals surface area contributed by atoms with Crippen molar-refractivity contribution >= 4 is 0 Å². The zero-order valence-electron chi connectivity index (χ0n) is 6.50. The van der Waals surface area contributed by atoms with Crippen molar-refractivity contribution in [3.63, 3.8) is 0 Å². The van der Waals surface area contributed by atoms with Crippen LogP contribution in [-0.2, 0) is 4.74 Å². The monoisotopic (exact) mass is 178 g/mol. The van der Waals surface area contributed by atoms with Gasteiger partial charge in [-0.2, -0.15) is 0 Å². The van der Waals surface area contributed by atoms with E-state index in [-0.39, 0.29) is 6.54 Å². The molecule has 0 saturated carbocycles. The van der Waals surface area contributed by atoms with Crippen molar-refractivity contribution in [1.82, 2.24) is 0 Å². The summed E-state index contributed by atoms with van der Waals surface area (Å²) in [5, 5.41) is 27.6. The summed E-state index contributed by atoms with van der Waals surface area (Å²) in [6, 6.07) is -0.984. The molecule has 0 amide bonds. The van der Waals surface area contributed by atoms with E-state index >= 15 is 0 Å². The Morgan fingerprint density at radius 1 is 1.17 bits per heavy atom. The van der Waals surface area contributed by atoms with Gasteiger partial charge in [0.1, 0.15) is 18.3 Å². The van der Waals surface area contributed by atoms with Crippen molar-refractivity contribution in [2.75, 3.05) is 6.54 Å². The number of rotatable bonds is 1. The molecule has 0 bridgehead atoms. The number of hydrogen-bond acceptors (Lipinski definition) is 6. The standard InChI is InChI=1S/C6H14N2O4/c7-1-2-4(9)5(10)3(8)6(11)12-2/h2-6,9-11H,1,7-8H2/t2-,3-,4?,5-,6+/m1/s1. The van der Waals surface area contributed by atoms with Crippen LogP contribution in [0.25, 0.3) is 0 Å². The molecule has 1 aliphatic heterocycles. The fraction of sp³-hybridized carbons (Fsp3) is 1.00. The second-order valence-corrected chi connectivity index (χ2v) is 2.86. The van der Waals surface area contributed by atoms with Crippen molar-refractivity contribution < 1.29 is 20.1 Å². The fourth-order valence-corrected chi connectivity index (χ4v) is 1.16. The van der Waals surface area contributed by atoms with Gasteiger partial charge in [0.05, 0.1) is 6.04 Å². The van der Waals surface area contributed by atoms with E-state index in [1.807, 2.05) is 0 Å². The summed E-state index contributed by atoms with van der Waals surface area (Å²) < 4.78 is 4.83. The minimum atomic E-state index is -1.27. The summed E-state index contributed by atoms with van der Waals surface area (Å²) in [5.74, 6) is 0. The van der Waals surface area contributed by atoms with E-state index in [1.165, 1.54) is 0 Å². The Balaban J connectivity index is 2.63. The smallest absolute Gasteiger partial charge is 0.172 e. The fourth-order valence-electron chi connectivity index (χ4n) is 1.16. The predicted octanol–water partition coefficient (Wildman–Crippen LogP) is -3.29. The molecule has 6 heteroatoms. The molecule has 6 nitrogen and oxygen atoms in total. The summed E-state index contributed by atoms with van der Waals surface area (Å²) in [6.07, 6.45) is -4.34. The second kappa shape index (κ2) is 3.65. The first-order valence-electron chi connectivity index (χ1n) is 3.73. The molecule has 1 unspecified atom stereocenters. The topological polar surface area (TPSA) is 122 Å². The maximum Gasteiger partial charge on any atom is 0.172 e. The second-order valence-electron chi connectivity index (χ2n) is 2.86. The van der Waals surface area contributed by atoms with Gasteiger partial charge in [-0.1, -0.05) is 0 Å². The molecule has 0 aliphatic carbocycles. The molecule has 0 aromatic rings. The molecule has 72 valence electrons. The van der Waals surface area contributed by atoms with Crippen LogP contribution in [0.1, 0.15) is 0 Å². The lowest BCUT2D eigenvalue weighted by Gasteiger charge is -2.38. The SMILES string of the molecule is NC[C@H]1O[C@H](O)[C@H](N)[C@@H](O)C1O. The van der Waals surface area contributed by atoms with Crippen LogP contribution in [-0.4, -0.2) is 52.5 Å². The first-order valence-corrected chi connectivity index (χ1v) is 3.73. The van der Waals surface area contributed by atoms with E-state index in [2.05, 4.69) is 0 Å². The Hall–Kier alpha value is -0.240. The van der Waals surface area contributed by atoms with Crippen LogP contribution in [0.3, 0.4) is 0 Å². The normalized spacial score (nSPS) is 49.2. The lowest BCUT2D eigenvalue weighted by molar-refractivity contribution is -0.238. The minimum absolute atomic E-state index is 0.0298. The van der Waals surface area contributed by atoms with Gasteiger partial charge in [-0.15, -0.1) is 0 Å². The summed E-state index contributed by atoms with van der Waals surface area (Å²) in [7, 11) is 0. The Bertz CT molecular complexity index is 152. The summed E-state index contributed by atoms with van der Waals surface area (Å²) in [5.41, 5.74) is 10.5. The van der Waals surface area contributed by atoms with Gasteiger partial charge in [0.2, 0.25) is 0 Å². The highest BCUT2D eigenvalue weighted by molar-refractivity contribution is 4.91. The Kier molecular flexibility index (Phi) is 2.99. The molecule has 7 N–H and O–H groups in total. The van der Waals surface area contributed by atoms with Crippen molar-refractivity contribution in [3.8, 4) is 0 Å². The molecule has 0 radical (unpaired) electrons. The Morgan fingerprint density at radius 3 is 2.25 bits per heavy atom.